The van der Waals surface area contributed by atoms with Gasteiger partial charge >= 0.3 is 0 Å². The Kier molecular flexibility index (Phi) is 5.26. The monoisotopic (exact) mass is 368 g/mol. The van der Waals surface area contributed by atoms with Gasteiger partial charge in [0.15, 0.2) is 11.5 Å². The normalized spacial score (nSPS) is 11.2. The van der Waals surface area contributed by atoms with Gasteiger partial charge in [0, 0.05) is 5.56 Å². The van der Waals surface area contributed by atoms with Crippen molar-refractivity contribution >= 4 is 23.2 Å². The van der Waals surface area contributed by atoms with Crippen molar-refractivity contribution in [1.82, 2.24) is 9.97 Å². The van der Waals surface area contributed by atoms with Crippen LogP contribution in [0.25, 0.3) is 23.2 Å². The second-order valence-corrected chi connectivity index (χ2v) is 6.11. The molecular formula is C21H24N2O4. The van der Waals surface area contributed by atoms with Crippen LogP contribution in [-0.4, -0.2) is 38.4 Å². The van der Waals surface area contributed by atoms with Crippen LogP contribution in [0.15, 0.2) is 18.2 Å². The molecule has 2 aromatic carbocycles. The first-order valence-corrected chi connectivity index (χ1v) is 8.55. The van der Waals surface area contributed by atoms with E-state index < -0.39 is 0 Å². The van der Waals surface area contributed by atoms with Crippen LogP contribution in [0.3, 0.4) is 0 Å². The van der Waals surface area contributed by atoms with Gasteiger partial charge in [0.25, 0.3) is 0 Å². The summed E-state index contributed by atoms with van der Waals surface area (Å²) in [7, 11) is 6.55. The van der Waals surface area contributed by atoms with Crippen LogP contribution in [-0.2, 0) is 0 Å². The summed E-state index contributed by atoms with van der Waals surface area (Å²) >= 11 is 0. The highest BCUT2D eigenvalue weighted by molar-refractivity contribution is 5.92. The minimum Gasteiger partial charge on any atom is -0.494 e. The van der Waals surface area contributed by atoms with Crippen LogP contribution in [0.5, 0.6) is 23.0 Å². The topological polar surface area (TPSA) is 65.6 Å². The molecule has 3 aromatic rings. The molecule has 0 bridgehead atoms. The fourth-order valence-corrected chi connectivity index (χ4v) is 3.14. The van der Waals surface area contributed by atoms with E-state index in [1.54, 1.807) is 28.4 Å². The van der Waals surface area contributed by atoms with Gasteiger partial charge in [-0.3, -0.25) is 0 Å². The molecule has 1 N–H and O–H groups in total. The van der Waals surface area contributed by atoms with Crippen LogP contribution < -0.4 is 18.9 Å². The number of H-pyrrole nitrogens is 1. The molecule has 6 heteroatoms. The van der Waals surface area contributed by atoms with Gasteiger partial charge in [-0.1, -0.05) is 12.1 Å². The molecule has 0 saturated heterocycles. The third-order valence-corrected chi connectivity index (χ3v) is 4.66. The van der Waals surface area contributed by atoms with Crippen molar-refractivity contribution in [3.8, 4) is 23.0 Å². The van der Waals surface area contributed by atoms with E-state index in [0.717, 1.165) is 39.2 Å². The molecule has 0 fully saturated rings. The van der Waals surface area contributed by atoms with Crippen molar-refractivity contribution in [2.45, 2.75) is 13.8 Å². The quantitative estimate of drug-likeness (QED) is 0.699. The van der Waals surface area contributed by atoms with Crippen molar-refractivity contribution < 1.29 is 18.9 Å². The van der Waals surface area contributed by atoms with E-state index in [4.69, 9.17) is 18.9 Å². The number of imidazole rings is 1. The number of benzene rings is 2. The molecule has 0 atom stereocenters. The van der Waals surface area contributed by atoms with Crippen molar-refractivity contribution in [2.75, 3.05) is 28.4 Å². The molecule has 0 aliphatic rings. The minimum atomic E-state index is 0.679. The van der Waals surface area contributed by atoms with Crippen LogP contribution in [0.1, 0.15) is 22.5 Å². The molecule has 0 aliphatic carbocycles. The molecule has 6 nitrogen and oxygen atoms in total. The predicted octanol–water partition coefficient (Wildman–Crippen LogP) is 4.38. The molecule has 142 valence electrons. The first kappa shape index (κ1) is 18.6. The molecule has 27 heavy (non-hydrogen) atoms. The van der Waals surface area contributed by atoms with Gasteiger partial charge in [-0.05, 0) is 43.2 Å². The highest BCUT2D eigenvalue weighted by Gasteiger charge is 2.18. The summed E-state index contributed by atoms with van der Waals surface area (Å²) < 4.78 is 21.8. The molecule has 0 spiro atoms. The number of aromatic amines is 1. The molecular weight excluding hydrogens is 344 g/mol. The number of hydrogen-bond donors (Lipinski definition) is 1. The molecule has 0 saturated carbocycles. The van der Waals surface area contributed by atoms with Gasteiger partial charge in [0.2, 0.25) is 0 Å². The first-order valence-electron chi connectivity index (χ1n) is 8.55. The number of nitrogens with one attached hydrogen (secondary N) is 1. The standard InChI is InChI=1S/C21H24N2O4/c1-12-13(2)21(27-6)19-18(20(12)26-5)22-17(23-19)10-8-14-7-9-15(24-3)16(11-14)25-4/h7-11H,1-6H3,(H,22,23). The van der Waals surface area contributed by atoms with E-state index in [-0.39, 0.29) is 0 Å². The zero-order chi connectivity index (χ0) is 19.6. The summed E-state index contributed by atoms with van der Waals surface area (Å²) in [4.78, 5) is 8.00. The zero-order valence-electron chi connectivity index (χ0n) is 16.5. The Morgan fingerprint density at radius 1 is 0.815 bits per heavy atom. The molecule has 0 radical (unpaired) electrons. The third-order valence-electron chi connectivity index (χ3n) is 4.66. The average Bonchev–Trinajstić information content (AvgIpc) is 3.10. The lowest BCUT2D eigenvalue weighted by atomic mass is 10.1. The van der Waals surface area contributed by atoms with E-state index in [1.165, 1.54) is 0 Å². The van der Waals surface area contributed by atoms with Gasteiger partial charge in [-0.25, -0.2) is 4.98 Å². The summed E-state index contributed by atoms with van der Waals surface area (Å²) in [5.41, 5.74) is 4.60. The summed E-state index contributed by atoms with van der Waals surface area (Å²) in [6, 6.07) is 5.74. The Morgan fingerprint density at radius 3 is 2.11 bits per heavy atom. The van der Waals surface area contributed by atoms with E-state index in [1.807, 2.05) is 44.2 Å². The lowest BCUT2D eigenvalue weighted by Crippen LogP contribution is -1.96. The maximum atomic E-state index is 5.59. The summed E-state index contributed by atoms with van der Waals surface area (Å²) in [5, 5.41) is 0. The maximum absolute atomic E-state index is 5.59. The van der Waals surface area contributed by atoms with Crippen LogP contribution in [0, 0.1) is 13.8 Å². The number of methoxy groups -OCH3 is 4. The van der Waals surface area contributed by atoms with Gasteiger partial charge in [-0.15, -0.1) is 0 Å². The molecule has 0 amide bonds. The Morgan fingerprint density at radius 2 is 1.48 bits per heavy atom. The van der Waals surface area contributed by atoms with Crippen LogP contribution >= 0.6 is 0 Å². The second kappa shape index (κ2) is 7.61. The molecule has 1 aromatic heterocycles. The van der Waals surface area contributed by atoms with Crippen molar-refractivity contribution in [3.63, 3.8) is 0 Å². The Hall–Kier alpha value is -3.15. The highest BCUT2D eigenvalue weighted by Crippen LogP contribution is 2.38. The number of rotatable bonds is 6. The van der Waals surface area contributed by atoms with Crippen LogP contribution in [0.2, 0.25) is 0 Å². The highest BCUT2D eigenvalue weighted by atomic mass is 16.5. The summed E-state index contributed by atoms with van der Waals surface area (Å²) in [6.07, 6.45) is 3.86. The van der Waals surface area contributed by atoms with Gasteiger partial charge < -0.3 is 23.9 Å². The van der Waals surface area contributed by atoms with Gasteiger partial charge in [0.1, 0.15) is 28.4 Å². The lowest BCUT2D eigenvalue weighted by Gasteiger charge is -2.12. The van der Waals surface area contributed by atoms with Crippen molar-refractivity contribution in [2.24, 2.45) is 0 Å². The number of nitrogens with zero attached hydrogens (tertiary/aromatic N) is 1. The Bertz CT molecular complexity index is 958. The molecule has 0 aliphatic heterocycles. The smallest absolute Gasteiger partial charge is 0.161 e. The Balaban J connectivity index is 2.04. The largest absolute Gasteiger partial charge is 0.494 e. The fourth-order valence-electron chi connectivity index (χ4n) is 3.14. The first-order chi connectivity index (χ1) is 13.0. The number of ether oxygens (including phenoxy) is 4. The van der Waals surface area contributed by atoms with E-state index in [9.17, 15) is 0 Å². The van der Waals surface area contributed by atoms with Crippen molar-refractivity contribution in [1.29, 1.82) is 0 Å². The fraction of sp³-hybridized carbons (Fsp3) is 0.286. The van der Waals surface area contributed by atoms with E-state index >= 15 is 0 Å². The lowest BCUT2D eigenvalue weighted by molar-refractivity contribution is 0.355. The molecule has 0 unspecified atom stereocenters. The number of aromatic nitrogens is 2. The Labute approximate surface area is 158 Å². The second-order valence-electron chi connectivity index (χ2n) is 6.11. The third kappa shape index (κ3) is 3.30. The molecule has 3 rings (SSSR count). The van der Waals surface area contributed by atoms with Gasteiger partial charge in [-0.2, -0.15) is 0 Å². The van der Waals surface area contributed by atoms with Gasteiger partial charge in [0.05, 0.1) is 28.4 Å². The average molecular weight is 368 g/mol. The van der Waals surface area contributed by atoms with E-state index in [2.05, 4.69) is 9.97 Å². The SMILES string of the molecule is COc1ccc(C=Cc2nc3c(OC)c(C)c(C)c(OC)c3[nH]2)cc1OC. The van der Waals surface area contributed by atoms with E-state index in [0.29, 0.717) is 17.3 Å². The minimum absolute atomic E-state index is 0.679. The summed E-state index contributed by atoms with van der Waals surface area (Å²) in [6.45, 7) is 4.01. The predicted molar refractivity (Wildman–Crippen MR) is 107 cm³/mol. The number of fused-ring (bicyclic) bond motifs is 1. The van der Waals surface area contributed by atoms with Crippen LogP contribution in [0.4, 0.5) is 0 Å². The number of hydrogen-bond acceptors (Lipinski definition) is 5. The summed E-state index contributed by atoms with van der Waals surface area (Å²) in [5.74, 6) is 3.62. The maximum Gasteiger partial charge on any atom is 0.161 e. The zero-order valence-corrected chi connectivity index (χ0v) is 16.5. The molecule has 1 heterocycles. The van der Waals surface area contributed by atoms with Crippen molar-refractivity contribution in [3.05, 3.63) is 40.7 Å².